The van der Waals surface area contributed by atoms with Gasteiger partial charge in [-0.25, -0.2) is 0 Å². The summed E-state index contributed by atoms with van der Waals surface area (Å²) in [6.07, 6.45) is 1.96. The molecule has 0 spiro atoms. The molecule has 0 saturated heterocycles. The van der Waals surface area contributed by atoms with Gasteiger partial charge < -0.3 is 9.80 Å². The lowest BCUT2D eigenvalue weighted by Gasteiger charge is -2.34. The second-order valence-corrected chi connectivity index (χ2v) is 11.9. The van der Waals surface area contributed by atoms with Crippen LogP contribution in [0.2, 0.25) is 0 Å². The third-order valence-electron chi connectivity index (χ3n) is 6.34. The Bertz CT molecular complexity index is 1070. The largest absolute Gasteiger partial charge is 0.371 e. The Morgan fingerprint density at radius 1 is 0.686 bits per heavy atom. The van der Waals surface area contributed by atoms with E-state index in [4.69, 9.17) is 4.98 Å². The summed E-state index contributed by atoms with van der Waals surface area (Å²) in [5, 5.41) is 2.46. The highest BCUT2D eigenvalue weighted by molar-refractivity contribution is 5.96. The monoisotopic (exact) mass is 473 g/mol. The van der Waals surface area contributed by atoms with Gasteiger partial charge >= 0.3 is 0 Å². The smallest absolute Gasteiger partial charge is 0.0784 e. The number of pyridine rings is 1. The highest BCUT2D eigenvalue weighted by atomic mass is 15.2. The van der Waals surface area contributed by atoms with Gasteiger partial charge in [-0.2, -0.15) is 0 Å². The normalized spacial score (nSPS) is 11.9. The second kappa shape index (κ2) is 11.9. The van der Waals surface area contributed by atoms with Crippen LogP contribution in [0.25, 0.3) is 22.0 Å². The molecule has 0 aliphatic carbocycles. The third-order valence-corrected chi connectivity index (χ3v) is 6.34. The Kier molecular flexibility index (Phi) is 9.21. The number of hydrogen-bond donors (Lipinski definition) is 0. The Hall–Kier alpha value is -2.55. The van der Waals surface area contributed by atoms with Gasteiger partial charge in [-0.15, -0.1) is 0 Å². The van der Waals surface area contributed by atoms with Crippen molar-refractivity contribution in [2.24, 2.45) is 23.7 Å². The molecule has 1 heterocycles. The molecule has 0 saturated carbocycles. The van der Waals surface area contributed by atoms with Gasteiger partial charge in [0.2, 0.25) is 0 Å². The molecule has 0 fully saturated rings. The minimum absolute atomic E-state index is 0.596. The highest BCUT2D eigenvalue weighted by Gasteiger charge is 2.21. The zero-order valence-electron chi connectivity index (χ0n) is 23.6. The van der Waals surface area contributed by atoms with Crippen LogP contribution in [-0.2, 0) is 0 Å². The van der Waals surface area contributed by atoms with Crippen LogP contribution in [0.1, 0.15) is 61.0 Å². The van der Waals surface area contributed by atoms with E-state index in [0.717, 1.165) is 31.9 Å². The van der Waals surface area contributed by atoms with Crippen LogP contribution in [0.5, 0.6) is 0 Å². The number of hydrogen-bond acceptors (Lipinski definition) is 3. The van der Waals surface area contributed by atoms with Crippen LogP contribution >= 0.6 is 0 Å². The lowest BCUT2D eigenvalue weighted by molar-refractivity contribution is 0.548. The summed E-state index contributed by atoms with van der Waals surface area (Å²) in [6, 6.07) is 15.6. The average Bonchev–Trinajstić information content (AvgIpc) is 2.77. The van der Waals surface area contributed by atoms with E-state index in [-0.39, 0.29) is 0 Å². The minimum Gasteiger partial charge on any atom is -0.371 e. The molecule has 0 unspecified atom stereocenters. The molecule has 0 aliphatic rings. The first-order chi connectivity index (χ1) is 16.6. The molecule has 190 valence electrons. The van der Waals surface area contributed by atoms with Gasteiger partial charge in [-0.05, 0) is 59.7 Å². The lowest BCUT2D eigenvalue weighted by Crippen LogP contribution is -2.34. The van der Waals surface area contributed by atoms with E-state index < -0.39 is 0 Å². The van der Waals surface area contributed by atoms with Gasteiger partial charge in [0.05, 0.1) is 5.69 Å². The summed E-state index contributed by atoms with van der Waals surface area (Å²) in [7, 11) is 0. The molecular formula is C32H47N3. The predicted molar refractivity (Wildman–Crippen MR) is 156 cm³/mol. The molecule has 3 heteroatoms. The highest BCUT2D eigenvalue weighted by Crippen LogP contribution is 2.38. The molecule has 0 amide bonds. The molecule has 0 bridgehead atoms. The second-order valence-electron chi connectivity index (χ2n) is 11.9. The van der Waals surface area contributed by atoms with Gasteiger partial charge in [-0.1, -0.05) is 79.7 Å². The maximum absolute atomic E-state index is 4.95. The molecule has 0 radical (unpaired) electrons. The number of rotatable bonds is 11. The molecule has 1 aromatic heterocycles. The van der Waals surface area contributed by atoms with Crippen LogP contribution in [0.15, 0.2) is 48.7 Å². The Labute approximate surface area is 214 Å². The van der Waals surface area contributed by atoms with E-state index in [1.807, 2.05) is 6.20 Å². The van der Waals surface area contributed by atoms with Crippen molar-refractivity contribution in [1.82, 2.24) is 4.98 Å². The lowest BCUT2D eigenvalue weighted by atomic mass is 9.96. The summed E-state index contributed by atoms with van der Waals surface area (Å²) in [4.78, 5) is 10.2. The van der Waals surface area contributed by atoms with Crippen LogP contribution in [0.4, 0.5) is 11.4 Å². The topological polar surface area (TPSA) is 19.4 Å². The first-order valence-corrected chi connectivity index (χ1v) is 13.5. The molecule has 2 aromatic carbocycles. The van der Waals surface area contributed by atoms with Gasteiger partial charge in [0.1, 0.15) is 0 Å². The van der Waals surface area contributed by atoms with Crippen molar-refractivity contribution in [1.29, 1.82) is 0 Å². The average molecular weight is 474 g/mol. The van der Waals surface area contributed by atoms with E-state index >= 15 is 0 Å². The predicted octanol–water partition coefficient (Wildman–Crippen LogP) is 8.45. The number of benzene rings is 2. The molecule has 3 nitrogen and oxygen atoms in total. The first kappa shape index (κ1) is 27.0. The third kappa shape index (κ3) is 6.99. The summed E-state index contributed by atoms with van der Waals surface area (Å²) < 4.78 is 0. The number of anilines is 2. The van der Waals surface area contributed by atoms with Crippen LogP contribution in [-0.4, -0.2) is 31.2 Å². The van der Waals surface area contributed by atoms with Crippen molar-refractivity contribution >= 4 is 22.1 Å². The maximum Gasteiger partial charge on any atom is 0.0784 e. The van der Waals surface area contributed by atoms with Crippen molar-refractivity contribution in [2.75, 3.05) is 36.0 Å². The zero-order valence-corrected chi connectivity index (χ0v) is 23.6. The zero-order chi connectivity index (χ0) is 25.7. The van der Waals surface area contributed by atoms with E-state index in [0.29, 0.717) is 23.7 Å². The Morgan fingerprint density at radius 3 is 1.80 bits per heavy atom. The summed E-state index contributed by atoms with van der Waals surface area (Å²) >= 11 is 0. The van der Waals surface area contributed by atoms with E-state index in [1.165, 1.54) is 33.3 Å². The fourth-order valence-electron chi connectivity index (χ4n) is 5.10. The van der Waals surface area contributed by atoms with Gasteiger partial charge in [0, 0.05) is 54.7 Å². The van der Waals surface area contributed by atoms with Gasteiger partial charge in [-0.3, -0.25) is 4.98 Å². The van der Waals surface area contributed by atoms with Crippen molar-refractivity contribution in [2.45, 2.75) is 62.3 Å². The molecule has 35 heavy (non-hydrogen) atoms. The fraction of sp³-hybridized carbons (Fsp3) is 0.531. The molecular weight excluding hydrogens is 426 g/mol. The number of fused-ring (bicyclic) bond motifs is 1. The van der Waals surface area contributed by atoms with E-state index in [1.54, 1.807) is 0 Å². The summed E-state index contributed by atoms with van der Waals surface area (Å²) in [5.74, 6) is 2.39. The van der Waals surface area contributed by atoms with Gasteiger partial charge in [0.25, 0.3) is 0 Å². The standard InChI is InChI=1S/C32H47N3/c1-22(2)18-34(19-23(3)4)28-16-30(32-29-13-11-10-12-27(29)14-15-33-32)26(9)31(17-28)35(20-24(5)6)21-25(7)8/h10-17,22-25H,18-21H2,1-9H3. The van der Waals surface area contributed by atoms with Crippen molar-refractivity contribution < 1.29 is 0 Å². The van der Waals surface area contributed by atoms with Crippen molar-refractivity contribution in [3.05, 3.63) is 54.2 Å². The van der Waals surface area contributed by atoms with Crippen LogP contribution in [0, 0.1) is 30.6 Å². The molecule has 0 aliphatic heterocycles. The summed E-state index contributed by atoms with van der Waals surface area (Å²) in [6.45, 7) is 25.1. The van der Waals surface area contributed by atoms with E-state index in [2.05, 4.69) is 115 Å². The molecule has 3 aromatic rings. The number of nitrogens with zero attached hydrogens (tertiary/aromatic N) is 3. The van der Waals surface area contributed by atoms with Crippen molar-refractivity contribution in [3.63, 3.8) is 0 Å². The summed E-state index contributed by atoms with van der Waals surface area (Å²) in [5.41, 5.74) is 6.34. The quantitative estimate of drug-likeness (QED) is 0.278. The van der Waals surface area contributed by atoms with E-state index in [9.17, 15) is 0 Å². The first-order valence-electron chi connectivity index (χ1n) is 13.5. The van der Waals surface area contributed by atoms with Crippen LogP contribution < -0.4 is 9.80 Å². The SMILES string of the molecule is Cc1c(-c2nccc3ccccc23)cc(N(CC(C)C)CC(C)C)cc1N(CC(C)C)CC(C)C. The van der Waals surface area contributed by atoms with Gasteiger partial charge in [0.15, 0.2) is 0 Å². The fourth-order valence-corrected chi connectivity index (χ4v) is 5.10. The maximum atomic E-state index is 4.95. The minimum atomic E-state index is 0.596. The molecule has 0 atom stereocenters. The Balaban J connectivity index is 2.29. The van der Waals surface area contributed by atoms with Crippen molar-refractivity contribution in [3.8, 4) is 11.3 Å². The van der Waals surface area contributed by atoms with Crippen LogP contribution in [0.3, 0.4) is 0 Å². The number of aromatic nitrogens is 1. The Morgan fingerprint density at radius 2 is 1.23 bits per heavy atom. The molecule has 0 N–H and O–H groups in total. The molecule has 3 rings (SSSR count).